The lowest BCUT2D eigenvalue weighted by Crippen LogP contribution is -2.44. The Balaban J connectivity index is 2.12. The van der Waals surface area contributed by atoms with E-state index in [4.69, 9.17) is 0 Å². The highest BCUT2D eigenvalue weighted by Gasteiger charge is 2.22. The van der Waals surface area contributed by atoms with E-state index >= 15 is 0 Å². The fourth-order valence-corrected chi connectivity index (χ4v) is 3.37. The molecule has 1 unspecified atom stereocenters. The van der Waals surface area contributed by atoms with Crippen LogP contribution in [0.5, 0.6) is 0 Å². The number of thioether (sulfide) groups is 1. The van der Waals surface area contributed by atoms with Crippen LogP contribution in [0.25, 0.3) is 0 Å². The summed E-state index contributed by atoms with van der Waals surface area (Å²) in [5.41, 5.74) is 3.54. The van der Waals surface area contributed by atoms with Gasteiger partial charge in [0.15, 0.2) is 0 Å². The fourth-order valence-electron chi connectivity index (χ4n) is 2.43. The highest BCUT2D eigenvalue weighted by Crippen LogP contribution is 2.17. The number of carbonyl (C=O) groups excluding carboxylic acids is 2. The molecular formula is C20H23BrN2O2S. The van der Waals surface area contributed by atoms with E-state index in [0.29, 0.717) is 16.5 Å². The predicted octanol–water partition coefficient (Wildman–Crippen LogP) is 4.56. The quantitative estimate of drug-likeness (QED) is 0.671. The van der Waals surface area contributed by atoms with Crippen molar-refractivity contribution in [2.45, 2.75) is 26.3 Å². The third-order valence-electron chi connectivity index (χ3n) is 4.13. The molecule has 2 aromatic carbocycles. The maximum absolute atomic E-state index is 12.7. The fraction of sp³-hybridized carbons (Fsp3) is 0.300. The molecule has 1 atom stereocenters. The Morgan fingerprint density at radius 3 is 2.50 bits per heavy atom. The first kappa shape index (κ1) is 20.5. The summed E-state index contributed by atoms with van der Waals surface area (Å²) in [6.45, 7) is 4.03. The number of hydrogen-bond acceptors (Lipinski definition) is 3. The summed E-state index contributed by atoms with van der Waals surface area (Å²) in [7, 11) is 0. The number of nitrogens with one attached hydrogen (secondary N) is 2. The number of carbonyl (C=O) groups is 2. The van der Waals surface area contributed by atoms with Crippen LogP contribution in [0.15, 0.2) is 46.9 Å². The highest BCUT2D eigenvalue weighted by molar-refractivity contribution is 9.10. The van der Waals surface area contributed by atoms with Crippen molar-refractivity contribution < 1.29 is 9.59 Å². The molecule has 0 saturated heterocycles. The molecule has 2 N–H and O–H groups in total. The van der Waals surface area contributed by atoms with Gasteiger partial charge < -0.3 is 10.6 Å². The summed E-state index contributed by atoms with van der Waals surface area (Å²) in [6.07, 6.45) is 2.54. The highest BCUT2D eigenvalue weighted by atomic mass is 79.9. The minimum atomic E-state index is -0.594. The molecule has 0 radical (unpaired) electrons. The van der Waals surface area contributed by atoms with Gasteiger partial charge in [0.25, 0.3) is 5.91 Å². The molecule has 2 amide bonds. The Hall–Kier alpha value is -1.79. The van der Waals surface area contributed by atoms with Crippen molar-refractivity contribution in [2.75, 3.05) is 17.3 Å². The molecule has 2 rings (SSSR count). The third kappa shape index (κ3) is 5.61. The van der Waals surface area contributed by atoms with E-state index in [2.05, 4.69) is 26.6 Å². The number of aryl methyl sites for hydroxylation is 2. The van der Waals surface area contributed by atoms with Gasteiger partial charge in [0.05, 0.1) is 5.56 Å². The molecule has 0 aliphatic rings. The first-order valence-corrected chi connectivity index (χ1v) is 10.5. The van der Waals surface area contributed by atoms with E-state index in [0.717, 1.165) is 17.0 Å². The zero-order valence-electron chi connectivity index (χ0n) is 15.1. The number of amides is 2. The summed E-state index contributed by atoms with van der Waals surface area (Å²) in [4.78, 5) is 25.3. The number of hydrogen-bond donors (Lipinski definition) is 2. The molecule has 2 aromatic rings. The van der Waals surface area contributed by atoms with Gasteiger partial charge >= 0.3 is 0 Å². The van der Waals surface area contributed by atoms with Crippen LogP contribution in [-0.4, -0.2) is 29.9 Å². The first-order chi connectivity index (χ1) is 12.4. The molecule has 0 aliphatic carbocycles. The molecule has 0 saturated carbocycles. The van der Waals surface area contributed by atoms with E-state index in [1.807, 2.05) is 44.4 Å². The first-order valence-electron chi connectivity index (χ1n) is 8.35. The maximum atomic E-state index is 12.7. The SMILES string of the molecule is CSCCC(NC(=O)c1ccccc1Br)C(=O)Nc1ccc(C)c(C)c1. The Labute approximate surface area is 167 Å². The number of anilines is 1. The Bertz CT molecular complexity index is 795. The Kier molecular flexibility index (Phi) is 7.72. The van der Waals surface area contributed by atoms with Crippen molar-refractivity contribution in [3.05, 3.63) is 63.6 Å². The molecule has 0 fully saturated rings. The van der Waals surface area contributed by atoms with Gasteiger partial charge in [-0.15, -0.1) is 0 Å². The van der Waals surface area contributed by atoms with E-state index in [-0.39, 0.29) is 11.8 Å². The van der Waals surface area contributed by atoms with Crippen LogP contribution < -0.4 is 10.6 Å². The van der Waals surface area contributed by atoms with Crippen LogP contribution in [0, 0.1) is 13.8 Å². The number of halogens is 1. The van der Waals surface area contributed by atoms with Crippen LogP contribution in [0.2, 0.25) is 0 Å². The topological polar surface area (TPSA) is 58.2 Å². The molecule has 0 aliphatic heterocycles. The Morgan fingerprint density at radius 1 is 1.12 bits per heavy atom. The summed E-state index contributed by atoms with van der Waals surface area (Å²) in [5.74, 6) is 0.308. The van der Waals surface area contributed by atoms with Crippen molar-refractivity contribution in [1.29, 1.82) is 0 Å². The van der Waals surface area contributed by atoms with E-state index < -0.39 is 6.04 Å². The van der Waals surface area contributed by atoms with Crippen molar-refractivity contribution in [2.24, 2.45) is 0 Å². The molecule has 4 nitrogen and oxygen atoms in total. The molecule has 0 bridgehead atoms. The summed E-state index contributed by atoms with van der Waals surface area (Å²) in [6, 6.07) is 12.4. The minimum Gasteiger partial charge on any atom is -0.340 e. The summed E-state index contributed by atoms with van der Waals surface area (Å²) >= 11 is 5.02. The average Bonchev–Trinajstić information content (AvgIpc) is 2.61. The smallest absolute Gasteiger partial charge is 0.253 e. The molecule has 0 heterocycles. The van der Waals surface area contributed by atoms with Crippen LogP contribution in [0.4, 0.5) is 5.69 Å². The maximum Gasteiger partial charge on any atom is 0.253 e. The van der Waals surface area contributed by atoms with Gasteiger partial charge in [0.2, 0.25) is 5.91 Å². The van der Waals surface area contributed by atoms with Crippen LogP contribution in [0.1, 0.15) is 27.9 Å². The molecule has 0 aromatic heterocycles. The van der Waals surface area contributed by atoms with E-state index in [9.17, 15) is 9.59 Å². The van der Waals surface area contributed by atoms with Gasteiger partial charge in [0, 0.05) is 10.2 Å². The molecule has 6 heteroatoms. The Morgan fingerprint density at radius 2 is 1.85 bits per heavy atom. The number of benzene rings is 2. The molecular weight excluding hydrogens is 412 g/mol. The normalized spacial score (nSPS) is 11.7. The average molecular weight is 435 g/mol. The van der Waals surface area contributed by atoms with Gasteiger partial charge in [-0.05, 0) is 83.6 Å². The number of rotatable bonds is 7. The predicted molar refractivity (Wildman–Crippen MR) is 113 cm³/mol. The monoisotopic (exact) mass is 434 g/mol. The molecule has 138 valence electrons. The lowest BCUT2D eigenvalue weighted by Gasteiger charge is -2.19. The summed E-state index contributed by atoms with van der Waals surface area (Å²) in [5, 5.41) is 5.78. The van der Waals surface area contributed by atoms with Crippen LogP contribution in [-0.2, 0) is 4.79 Å². The van der Waals surface area contributed by atoms with Crippen molar-refractivity contribution in [3.63, 3.8) is 0 Å². The third-order valence-corrected chi connectivity index (χ3v) is 5.46. The van der Waals surface area contributed by atoms with Crippen LogP contribution in [0.3, 0.4) is 0 Å². The minimum absolute atomic E-state index is 0.206. The lowest BCUT2D eigenvalue weighted by atomic mass is 10.1. The van der Waals surface area contributed by atoms with Gasteiger partial charge in [-0.1, -0.05) is 18.2 Å². The van der Waals surface area contributed by atoms with Gasteiger partial charge in [0.1, 0.15) is 6.04 Å². The van der Waals surface area contributed by atoms with Gasteiger partial charge in [-0.3, -0.25) is 9.59 Å². The second-order valence-electron chi connectivity index (χ2n) is 6.08. The second-order valence-corrected chi connectivity index (χ2v) is 7.92. The van der Waals surface area contributed by atoms with Crippen molar-refractivity contribution in [3.8, 4) is 0 Å². The molecule has 0 spiro atoms. The van der Waals surface area contributed by atoms with Gasteiger partial charge in [-0.2, -0.15) is 11.8 Å². The second kappa shape index (κ2) is 9.78. The van der Waals surface area contributed by atoms with Crippen molar-refractivity contribution >= 4 is 45.2 Å². The lowest BCUT2D eigenvalue weighted by molar-refractivity contribution is -0.118. The van der Waals surface area contributed by atoms with E-state index in [1.165, 1.54) is 5.56 Å². The largest absolute Gasteiger partial charge is 0.340 e. The zero-order chi connectivity index (χ0) is 19.1. The zero-order valence-corrected chi connectivity index (χ0v) is 17.5. The summed E-state index contributed by atoms with van der Waals surface area (Å²) < 4.78 is 0.704. The van der Waals surface area contributed by atoms with E-state index in [1.54, 1.807) is 30.0 Å². The van der Waals surface area contributed by atoms with Crippen molar-refractivity contribution in [1.82, 2.24) is 5.32 Å². The molecule has 26 heavy (non-hydrogen) atoms. The van der Waals surface area contributed by atoms with Gasteiger partial charge in [-0.25, -0.2) is 0 Å². The van der Waals surface area contributed by atoms with Crippen LogP contribution >= 0.6 is 27.7 Å². The standard InChI is InChI=1S/C20H23BrN2O2S/c1-13-8-9-15(12-14(13)2)22-20(25)18(10-11-26-3)23-19(24)16-6-4-5-7-17(16)21/h4-9,12,18H,10-11H2,1-3H3,(H,22,25)(H,23,24).